The zero-order chi connectivity index (χ0) is 8.91. The van der Waals surface area contributed by atoms with Crippen LogP contribution in [-0.4, -0.2) is 19.8 Å². The number of hydrogen-bond donors (Lipinski definition) is 1. The van der Waals surface area contributed by atoms with Crippen molar-refractivity contribution in [1.82, 2.24) is 5.32 Å². The van der Waals surface area contributed by atoms with Gasteiger partial charge in [0.2, 0.25) is 0 Å². The molecule has 0 amide bonds. The number of alkyl halides is 1. The van der Waals surface area contributed by atoms with Gasteiger partial charge in [-0.3, -0.25) is 0 Å². The van der Waals surface area contributed by atoms with Crippen molar-refractivity contribution in [3.63, 3.8) is 0 Å². The van der Waals surface area contributed by atoms with E-state index in [4.69, 9.17) is 0 Å². The van der Waals surface area contributed by atoms with Crippen LogP contribution in [-0.2, 0) is 0 Å². The lowest BCUT2D eigenvalue weighted by Gasteiger charge is -2.20. The van der Waals surface area contributed by atoms with E-state index in [1.807, 2.05) is 7.05 Å². The largest absolute Gasteiger partial charge is 0.320 e. The summed E-state index contributed by atoms with van der Waals surface area (Å²) in [5.41, 5.74) is 0.118. The molecule has 0 aliphatic carbocycles. The van der Waals surface area contributed by atoms with Crippen LogP contribution in [0.1, 0.15) is 33.6 Å². The van der Waals surface area contributed by atoms with Crippen LogP contribution in [0.25, 0.3) is 0 Å². The molecule has 1 N–H and O–H groups in total. The first-order valence-corrected chi connectivity index (χ1v) is 4.24. The maximum absolute atomic E-state index is 13.0. The average Bonchev–Trinajstić information content (AvgIpc) is 1.79. The summed E-state index contributed by atoms with van der Waals surface area (Å²) in [6, 6.07) is 0. The van der Waals surface area contributed by atoms with Crippen LogP contribution in [0, 0.1) is 5.41 Å². The first-order valence-electron chi connectivity index (χ1n) is 4.24. The Labute approximate surface area is 69.4 Å². The van der Waals surface area contributed by atoms with E-state index in [9.17, 15) is 4.39 Å². The predicted molar refractivity (Wildman–Crippen MR) is 47.5 cm³/mol. The first kappa shape index (κ1) is 10.9. The minimum absolute atomic E-state index is 0.118. The predicted octanol–water partition coefficient (Wildman–Crippen LogP) is 2.37. The Bertz CT molecular complexity index is 96.2. The Kier molecular flexibility index (Phi) is 4.66. The lowest BCUT2D eigenvalue weighted by Crippen LogP contribution is -2.19. The first-order chi connectivity index (χ1) is 4.95. The number of hydrogen-bond acceptors (Lipinski definition) is 1. The van der Waals surface area contributed by atoms with Gasteiger partial charge in [0.15, 0.2) is 0 Å². The van der Waals surface area contributed by atoms with Gasteiger partial charge in [0, 0.05) is 0 Å². The molecule has 0 aliphatic heterocycles. The van der Waals surface area contributed by atoms with Gasteiger partial charge < -0.3 is 5.32 Å². The van der Waals surface area contributed by atoms with E-state index in [0.717, 1.165) is 6.54 Å². The molecular formula is C9H20FN. The fourth-order valence-corrected chi connectivity index (χ4v) is 1.07. The summed E-state index contributed by atoms with van der Waals surface area (Å²) in [4.78, 5) is 0. The lowest BCUT2D eigenvalue weighted by atomic mass is 9.89. The van der Waals surface area contributed by atoms with Crippen LogP contribution in [0.5, 0.6) is 0 Å². The highest BCUT2D eigenvalue weighted by molar-refractivity contribution is 4.68. The number of rotatable bonds is 4. The van der Waals surface area contributed by atoms with Gasteiger partial charge in [0.1, 0.15) is 6.17 Å². The monoisotopic (exact) mass is 161 g/mol. The quantitative estimate of drug-likeness (QED) is 0.667. The number of halogens is 1. The van der Waals surface area contributed by atoms with Crippen molar-refractivity contribution in [2.75, 3.05) is 13.6 Å². The van der Waals surface area contributed by atoms with E-state index in [-0.39, 0.29) is 5.41 Å². The molecule has 0 rings (SSSR count). The van der Waals surface area contributed by atoms with Gasteiger partial charge >= 0.3 is 0 Å². The molecule has 0 fully saturated rings. The van der Waals surface area contributed by atoms with Crippen LogP contribution in [0.2, 0.25) is 0 Å². The maximum Gasteiger partial charge on any atom is 0.102 e. The van der Waals surface area contributed by atoms with Crippen LogP contribution in [0.15, 0.2) is 0 Å². The van der Waals surface area contributed by atoms with Crippen LogP contribution in [0.4, 0.5) is 4.39 Å². The molecule has 0 bridgehead atoms. The average molecular weight is 161 g/mol. The molecule has 68 valence electrons. The molecule has 0 unspecified atom stereocenters. The molecule has 0 saturated heterocycles. The van der Waals surface area contributed by atoms with Crippen molar-refractivity contribution in [3.8, 4) is 0 Å². The molecule has 0 spiro atoms. The van der Waals surface area contributed by atoms with Gasteiger partial charge in [-0.05, 0) is 31.8 Å². The molecule has 0 aliphatic rings. The summed E-state index contributed by atoms with van der Waals surface area (Å²) >= 11 is 0. The zero-order valence-electron chi connectivity index (χ0n) is 8.08. The maximum atomic E-state index is 13.0. The fourth-order valence-electron chi connectivity index (χ4n) is 1.07. The van der Waals surface area contributed by atoms with Gasteiger partial charge in [-0.25, -0.2) is 4.39 Å². The van der Waals surface area contributed by atoms with Crippen molar-refractivity contribution < 1.29 is 4.39 Å². The van der Waals surface area contributed by atoms with Gasteiger partial charge in [0.25, 0.3) is 0 Å². The molecule has 0 aromatic rings. The topological polar surface area (TPSA) is 12.0 Å². The van der Waals surface area contributed by atoms with E-state index in [0.29, 0.717) is 12.8 Å². The van der Waals surface area contributed by atoms with Gasteiger partial charge in [-0.1, -0.05) is 20.8 Å². The highest BCUT2D eigenvalue weighted by Crippen LogP contribution is 2.23. The van der Waals surface area contributed by atoms with Crippen LogP contribution >= 0.6 is 0 Å². The Morgan fingerprint density at radius 1 is 1.36 bits per heavy atom. The molecule has 0 saturated carbocycles. The molecule has 0 aromatic carbocycles. The van der Waals surface area contributed by atoms with Gasteiger partial charge in [0.05, 0.1) is 0 Å². The highest BCUT2D eigenvalue weighted by atomic mass is 19.1. The Morgan fingerprint density at radius 2 is 1.91 bits per heavy atom. The van der Waals surface area contributed by atoms with E-state index < -0.39 is 6.17 Å². The van der Waals surface area contributed by atoms with Crippen LogP contribution < -0.4 is 5.32 Å². The second-order valence-electron chi connectivity index (χ2n) is 4.25. The minimum atomic E-state index is -0.651. The van der Waals surface area contributed by atoms with Crippen molar-refractivity contribution in [1.29, 1.82) is 0 Å². The number of nitrogens with one attached hydrogen (secondary N) is 1. The van der Waals surface area contributed by atoms with Gasteiger partial charge in [-0.15, -0.1) is 0 Å². The summed E-state index contributed by atoms with van der Waals surface area (Å²) < 4.78 is 13.0. The van der Waals surface area contributed by atoms with Crippen molar-refractivity contribution in [3.05, 3.63) is 0 Å². The van der Waals surface area contributed by atoms with Crippen LogP contribution in [0.3, 0.4) is 0 Å². The van der Waals surface area contributed by atoms with Crippen molar-refractivity contribution >= 4 is 0 Å². The smallest absolute Gasteiger partial charge is 0.102 e. The molecule has 0 heterocycles. The SMILES string of the molecule is CNCC[C@@H](F)CC(C)(C)C. The fraction of sp³-hybridized carbons (Fsp3) is 1.00. The summed E-state index contributed by atoms with van der Waals surface area (Å²) in [6.45, 7) is 6.98. The van der Waals surface area contributed by atoms with E-state index >= 15 is 0 Å². The minimum Gasteiger partial charge on any atom is -0.320 e. The Hall–Kier alpha value is -0.110. The second-order valence-corrected chi connectivity index (χ2v) is 4.25. The van der Waals surface area contributed by atoms with E-state index in [2.05, 4.69) is 26.1 Å². The third-order valence-corrected chi connectivity index (χ3v) is 1.54. The molecule has 0 radical (unpaired) electrons. The molecule has 2 heteroatoms. The zero-order valence-corrected chi connectivity index (χ0v) is 8.08. The molecule has 1 atom stereocenters. The Morgan fingerprint density at radius 3 is 2.27 bits per heavy atom. The molecular weight excluding hydrogens is 141 g/mol. The third-order valence-electron chi connectivity index (χ3n) is 1.54. The summed E-state index contributed by atoms with van der Waals surface area (Å²) in [6.07, 6.45) is 0.644. The highest BCUT2D eigenvalue weighted by Gasteiger charge is 2.17. The molecule has 1 nitrogen and oxygen atoms in total. The summed E-state index contributed by atoms with van der Waals surface area (Å²) in [5.74, 6) is 0. The third kappa shape index (κ3) is 7.79. The standard InChI is InChI=1S/C9H20FN/c1-9(2,3)7-8(10)5-6-11-4/h8,11H,5-7H2,1-4H3/t8-/m1/s1. The normalized spacial score (nSPS) is 15.0. The van der Waals surface area contributed by atoms with Crippen molar-refractivity contribution in [2.24, 2.45) is 5.41 Å². The van der Waals surface area contributed by atoms with E-state index in [1.54, 1.807) is 0 Å². The Balaban J connectivity index is 3.44. The summed E-state index contributed by atoms with van der Waals surface area (Å²) in [7, 11) is 1.85. The lowest BCUT2D eigenvalue weighted by molar-refractivity contribution is 0.213. The summed E-state index contributed by atoms with van der Waals surface area (Å²) in [5, 5.41) is 2.94. The van der Waals surface area contributed by atoms with E-state index in [1.165, 1.54) is 0 Å². The van der Waals surface area contributed by atoms with Gasteiger partial charge in [-0.2, -0.15) is 0 Å². The molecule has 0 aromatic heterocycles. The second kappa shape index (κ2) is 4.70. The molecule has 11 heavy (non-hydrogen) atoms. The van der Waals surface area contributed by atoms with Crippen molar-refractivity contribution in [2.45, 2.75) is 39.8 Å².